The molecule has 24 heteroatoms. The normalized spacial score (nSPS) is 18.1. The van der Waals surface area contributed by atoms with Crippen LogP contribution in [0.4, 0.5) is 5.69 Å². The lowest BCUT2D eigenvalue weighted by atomic mass is 9.80. The number of rotatable bonds is 25. The Bertz CT molecular complexity index is 4630. The van der Waals surface area contributed by atoms with Gasteiger partial charge in [0, 0.05) is 101 Å². The molecule has 6 aliphatic heterocycles. The number of thioether (sulfide) groups is 1. The number of H-pyrrole nitrogens is 1. The van der Waals surface area contributed by atoms with Crippen molar-refractivity contribution in [3.05, 3.63) is 211 Å². The van der Waals surface area contributed by atoms with Crippen LogP contribution in [0.1, 0.15) is 151 Å². The van der Waals surface area contributed by atoms with Gasteiger partial charge in [-0.3, -0.25) is 19.1 Å². The Labute approximate surface area is 613 Å². The molecule has 3 N–H and O–H groups in total. The number of halogens is 3. The number of nitrogens with zero attached hydrogens (tertiary/aromatic N) is 5. The number of nitrogens with one attached hydrogen (secondary N) is 2. The van der Waals surface area contributed by atoms with Crippen molar-refractivity contribution >= 4 is 84.3 Å². The number of anilines is 1. The van der Waals surface area contributed by atoms with Crippen LogP contribution in [0.25, 0.3) is 11.6 Å². The second-order valence-electron chi connectivity index (χ2n) is 27.0. The molecule has 0 bridgehead atoms. The van der Waals surface area contributed by atoms with Crippen molar-refractivity contribution in [2.24, 2.45) is 0 Å². The largest absolute Gasteiger partial charge is 0.497 e. The van der Waals surface area contributed by atoms with Gasteiger partial charge in [-0.15, -0.1) is 11.8 Å². The Morgan fingerprint density at radius 1 is 0.843 bits per heavy atom. The molecule has 1 aromatic heterocycles. The van der Waals surface area contributed by atoms with Crippen LogP contribution in [0.15, 0.2) is 118 Å². The Hall–Kier alpha value is -7.51. The van der Waals surface area contributed by atoms with E-state index in [0.717, 1.165) is 141 Å². The average molecular weight is 1480 g/mol. The van der Waals surface area contributed by atoms with E-state index in [2.05, 4.69) is 42.6 Å². The zero-order chi connectivity index (χ0) is 71.5. The van der Waals surface area contributed by atoms with E-state index >= 15 is 0 Å². The van der Waals surface area contributed by atoms with Gasteiger partial charge in [0.05, 0.1) is 83.5 Å². The number of fused-ring (bicyclic) bond motifs is 4. The van der Waals surface area contributed by atoms with Gasteiger partial charge < -0.3 is 48.1 Å². The summed E-state index contributed by atoms with van der Waals surface area (Å²) in [7, 11) is 1.39. The van der Waals surface area contributed by atoms with Crippen molar-refractivity contribution < 1.29 is 47.4 Å². The monoisotopic (exact) mass is 1480 g/mol. The number of ether oxygens (including phenoxy) is 5. The first-order valence-electron chi connectivity index (χ1n) is 35.1. The fourth-order valence-corrected chi connectivity index (χ4v) is 19.3. The van der Waals surface area contributed by atoms with Crippen LogP contribution in [-0.4, -0.2) is 121 Å². The number of benzene rings is 6. The predicted molar refractivity (Wildman–Crippen MR) is 399 cm³/mol. The summed E-state index contributed by atoms with van der Waals surface area (Å²) in [5.74, 6) is 0.807. The lowest BCUT2D eigenvalue weighted by Gasteiger charge is -2.39. The summed E-state index contributed by atoms with van der Waals surface area (Å²) in [6.07, 6.45) is 11.5. The van der Waals surface area contributed by atoms with Crippen molar-refractivity contribution in [3.8, 4) is 29.1 Å². The van der Waals surface area contributed by atoms with E-state index in [1.54, 1.807) is 20.3 Å². The van der Waals surface area contributed by atoms with Gasteiger partial charge in [0.2, 0.25) is 11.3 Å². The maximum atomic E-state index is 14.1. The number of nitriles is 1. The van der Waals surface area contributed by atoms with E-state index in [1.807, 2.05) is 107 Å². The molecule has 534 valence electrons. The SMILES string of the molecule is COc1ccc(C(OCC2OC(n3cc(C=CCNC(=O)CSc4c(Cl)c(Cl)c(C(=O)O)c(C5=c6cc7c8c(c6Oc6c5cc5c9c6CCCN9CCCC5)CCC[N+]=8CCCC7)c4Cl)c(=O)[nH]c3=O)CC2OP(OCCC#N)N(C(C)C)C(C)C)(c2ccccc2)c2ccc(OC)cc2)cc1. The summed E-state index contributed by atoms with van der Waals surface area (Å²) in [5.41, 5.74) is 7.02. The summed E-state index contributed by atoms with van der Waals surface area (Å²) in [6, 6.07) is 31.7. The first kappa shape index (κ1) is 72.8. The number of aryl methyl sites for hydroxylation is 2. The van der Waals surface area contributed by atoms with Gasteiger partial charge in [0.15, 0.2) is 0 Å². The van der Waals surface area contributed by atoms with Gasteiger partial charge in [-0.05, 0) is 138 Å². The molecule has 1 fully saturated rings. The molecule has 6 aromatic carbocycles. The number of carbonyl (C=O) groups excluding carboxylic acids is 1. The standard InChI is InChI=1S/C78H83Cl3N7O12PS/c1-46(2)88(47(3)4)101(97-39-17-33-82)100-60-42-63(98-61(60)44-96-78(51-21-8-7-9-22-51,52-25-29-54(94-5)30-26-52)53-27-31-55(95-6)32-28-53)87-43-50(75(90)84-77(87)93)20-14-34-83-62(89)45-102-74-68(80)65(66(76(91)92)67(79)69(74)81)64-58-40-48-18-10-12-35-85-37-15-23-56(70(48)85)72(58)99-73-57-24-16-38-86-36-13-11-19-49(71(57)86)41-59(64)73/h7-9,14,20-22,25-32,40-41,43,46-47,60-61,63H,10-13,15-19,23-24,34-39,42,44-45H2,1-6H3,(H2-,83,84,89,90,91,92,93)/p+1. The molecule has 7 heterocycles. The molecule has 13 rings (SSSR count). The number of aromatic amines is 1. The molecule has 1 amide bonds. The molecule has 102 heavy (non-hydrogen) atoms. The predicted octanol–water partition coefficient (Wildman–Crippen LogP) is 13.3. The van der Waals surface area contributed by atoms with Crippen molar-refractivity contribution in [1.82, 2.24) is 24.1 Å². The molecule has 0 aliphatic carbocycles. The number of aromatic nitrogens is 2. The maximum absolute atomic E-state index is 14.1. The third-order valence-electron chi connectivity index (χ3n) is 20.0. The fraction of sp³-hybridized carbons (Fsp3) is 0.410. The molecule has 0 radical (unpaired) electrons. The van der Waals surface area contributed by atoms with Crippen LogP contribution in [0, 0.1) is 11.3 Å². The highest BCUT2D eigenvalue weighted by Crippen LogP contribution is 2.54. The lowest BCUT2D eigenvalue weighted by Crippen LogP contribution is -2.41. The third kappa shape index (κ3) is 14.4. The highest BCUT2D eigenvalue weighted by atomic mass is 35.5. The van der Waals surface area contributed by atoms with Crippen molar-refractivity contribution in [2.75, 3.05) is 70.8 Å². The molecule has 0 spiro atoms. The zero-order valence-electron chi connectivity index (χ0n) is 58.1. The molecule has 4 unspecified atom stereocenters. The van der Waals surface area contributed by atoms with Gasteiger partial charge in [0.25, 0.3) is 14.1 Å². The molecular formula is C78H84Cl3N7O12PS+. The van der Waals surface area contributed by atoms with E-state index in [9.17, 15) is 29.5 Å². The summed E-state index contributed by atoms with van der Waals surface area (Å²) in [5, 5.41) is 25.5. The van der Waals surface area contributed by atoms with E-state index in [-0.39, 0.29) is 87.1 Å². The van der Waals surface area contributed by atoms with Crippen molar-refractivity contribution in [1.29, 1.82) is 5.26 Å². The van der Waals surface area contributed by atoms with Gasteiger partial charge in [-0.25, -0.2) is 18.8 Å². The van der Waals surface area contributed by atoms with Crippen LogP contribution >= 0.6 is 55.1 Å². The molecular weight excluding hydrogens is 1400 g/mol. The quantitative estimate of drug-likeness (QED) is 0.0121. The van der Waals surface area contributed by atoms with Gasteiger partial charge in [0.1, 0.15) is 54.0 Å². The summed E-state index contributed by atoms with van der Waals surface area (Å²) in [6.45, 7) is 12.0. The molecule has 6 aliphatic rings. The van der Waals surface area contributed by atoms with Crippen LogP contribution in [0.5, 0.6) is 23.0 Å². The van der Waals surface area contributed by atoms with E-state index in [1.165, 1.54) is 39.0 Å². The van der Waals surface area contributed by atoms with Gasteiger partial charge in [-0.1, -0.05) is 102 Å². The number of amides is 1. The molecule has 4 atom stereocenters. The minimum atomic E-state index is -1.83. The van der Waals surface area contributed by atoms with Crippen LogP contribution in [0.3, 0.4) is 0 Å². The van der Waals surface area contributed by atoms with Crippen LogP contribution < -0.4 is 50.8 Å². The summed E-state index contributed by atoms with van der Waals surface area (Å²) < 4.78 is 52.3. The Balaban J connectivity index is 0.792. The number of hydrogen-bond donors (Lipinski definition) is 3. The second kappa shape index (κ2) is 31.8. The minimum Gasteiger partial charge on any atom is -0.497 e. The lowest BCUT2D eigenvalue weighted by molar-refractivity contribution is -0.118. The maximum Gasteiger partial charge on any atom is 0.337 e. The molecule has 7 aromatic rings. The fourth-order valence-electron chi connectivity index (χ4n) is 15.5. The second-order valence-corrected chi connectivity index (χ2v) is 30.5. The van der Waals surface area contributed by atoms with E-state index < -0.39 is 55.7 Å². The topological polar surface area (TPSA) is 219 Å². The summed E-state index contributed by atoms with van der Waals surface area (Å²) in [4.78, 5) is 60.9. The first-order valence-corrected chi connectivity index (χ1v) is 38.3. The number of methoxy groups -OCH3 is 2. The van der Waals surface area contributed by atoms with Gasteiger partial charge >= 0.3 is 11.7 Å². The smallest absolute Gasteiger partial charge is 0.337 e. The molecule has 1 saturated heterocycles. The van der Waals surface area contributed by atoms with Crippen LogP contribution in [-0.2, 0) is 54.6 Å². The third-order valence-corrected chi connectivity index (χ3v) is 24.7. The Kier molecular flexibility index (Phi) is 22.7. The molecule has 19 nitrogen and oxygen atoms in total. The number of carbonyl (C=O) groups is 2. The Morgan fingerprint density at radius 2 is 1.52 bits per heavy atom. The molecule has 0 saturated carbocycles. The Morgan fingerprint density at radius 3 is 2.22 bits per heavy atom. The van der Waals surface area contributed by atoms with E-state index in [0.29, 0.717) is 28.6 Å². The minimum absolute atomic E-state index is 0.0357. The highest BCUT2D eigenvalue weighted by molar-refractivity contribution is 8.00. The van der Waals surface area contributed by atoms with E-state index in [4.69, 9.17) is 67.5 Å². The summed E-state index contributed by atoms with van der Waals surface area (Å²) >= 11 is 23.0. The average Bonchev–Trinajstić information content (AvgIpc) is 0.826. The van der Waals surface area contributed by atoms with Crippen molar-refractivity contribution in [3.63, 3.8) is 0 Å². The number of hydrogen-bond acceptors (Lipinski definition) is 15. The highest BCUT2D eigenvalue weighted by Gasteiger charge is 2.46. The first-order chi connectivity index (χ1) is 49.4. The number of aromatic carboxylic acids is 1. The van der Waals surface area contributed by atoms with Crippen molar-refractivity contribution in [2.45, 2.75) is 146 Å². The zero-order valence-corrected chi connectivity index (χ0v) is 62.1. The van der Waals surface area contributed by atoms with Gasteiger partial charge in [-0.2, -0.15) is 5.26 Å². The number of carboxylic acid groups (broad SMARTS) is 1. The van der Waals surface area contributed by atoms with Crippen LogP contribution in [0.2, 0.25) is 15.1 Å². The number of carboxylic acids is 1.